The molecule has 2 aromatic carbocycles. The monoisotopic (exact) mass is 711 g/mol. The molecule has 52 heavy (non-hydrogen) atoms. The second-order valence-corrected chi connectivity index (χ2v) is 15.3. The molecule has 1 aromatic heterocycles. The number of carboxylic acid groups (broad SMARTS) is 1. The van der Waals surface area contributed by atoms with E-state index in [-0.39, 0.29) is 25.3 Å². The molecule has 6 rings (SSSR count). The Balaban J connectivity index is 1.37. The molecule has 0 spiro atoms. The van der Waals surface area contributed by atoms with Crippen LogP contribution in [0.15, 0.2) is 66.7 Å². The largest absolute Gasteiger partial charge is 0.479 e. The first-order valence-electron chi connectivity index (χ1n) is 18.1. The number of amides is 3. The summed E-state index contributed by atoms with van der Waals surface area (Å²) < 4.78 is 5.52. The minimum atomic E-state index is -1.44. The topological polar surface area (TPSA) is 159 Å². The van der Waals surface area contributed by atoms with Crippen LogP contribution in [-0.4, -0.2) is 92.7 Å². The predicted octanol–water partition coefficient (Wildman–Crippen LogP) is 5.19. The summed E-state index contributed by atoms with van der Waals surface area (Å²) in [5, 5.41) is 25.8. The van der Waals surface area contributed by atoms with Crippen molar-refractivity contribution < 1.29 is 29.0 Å². The average molecular weight is 712 g/mol. The Morgan fingerprint density at radius 3 is 2.29 bits per heavy atom. The van der Waals surface area contributed by atoms with Gasteiger partial charge in [-0.25, -0.2) is 9.59 Å². The number of aliphatic carboxylic acids is 1. The summed E-state index contributed by atoms with van der Waals surface area (Å²) in [7, 11) is 3.95. The third-order valence-electron chi connectivity index (χ3n) is 9.99. The first-order valence-corrected chi connectivity index (χ1v) is 18.1. The van der Waals surface area contributed by atoms with Crippen LogP contribution < -0.4 is 15.5 Å². The molecule has 1 saturated carbocycles. The van der Waals surface area contributed by atoms with Crippen LogP contribution in [0.1, 0.15) is 71.8 Å². The summed E-state index contributed by atoms with van der Waals surface area (Å²) >= 11 is 0. The quantitative estimate of drug-likeness (QED) is 0.293. The zero-order valence-corrected chi connectivity index (χ0v) is 30.5. The fourth-order valence-corrected chi connectivity index (χ4v) is 7.08. The fourth-order valence-electron chi connectivity index (χ4n) is 7.08. The normalized spacial score (nSPS) is 25.8. The van der Waals surface area contributed by atoms with Crippen molar-refractivity contribution >= 4 is 29.6 Å². The van der Waals surface area contributed by atoms with Crippen molar-refractivity contribution in [2.75, 3.05) is 25.5 Å². The number of nitrogens with one attached hydrogen (secondary N) is 2. The van der Waals surface area contributed by atoms with Gasteiger partial charge in [0.2, 0.25) is 11.8 Å². The number of carbonyl (C=O) groups excluding carboxylic acids is 3. The number of allylic oxidation sites excluding steroid dienone is 1. The number of anilines is 1. The Morgan fingerprint density at radius 2 is 1.65 bits per heavy atom. The van der Waals surface area contributed by atoms with E-state index in [0.717, 1.165) is 36.1 Å². The van der Waals surface area contributed by atoms with Gasteiger partial charge in [-0.05, 0) is 58.6 Å². The van der Waals surface area contributed by atoms with Gasteiger partial charge in [-0.1, -0.05) is 67.5 Å². The summed E-state index contributed by atoms with van der Waals surface area (Å²) in [6.45, 7) is 5.32. The first kappa shape index (κ1) is 36.6. The molecule has 3 heterocycles. The average Bonchev–Trinajstić information content (AvgIpc) is 3.40. The van der Waals surface area contributed by atoms with E-state index >= 15 is 0 Å². The molecule has 0 radical (unpaired) electrons. The van der Waals surface area contributed by atoms with Crippen molar-refractivity contribution in [1.29, 1.82) is 0 Å². The minimum absolute atomic E-state index is 0.0781. The number of hydrogen-bond acceptors (Lipinski definition) is 8. The van der Waals surface area contributed by atoms with E-state index in [1.807, 2.05) is 85.7 Å². The lowest BCUT2D eigenvalue weighted by Gasteiger charge is -2.30. The highest BCUT2D eigenvalue weighted by Crippen LogP contribution is 2.45. The van der Waals surface area contributed by atoms with Crippen molar-refractivity contribution in [3.8, 4) is 22.5 Å². The van der Waals surface area contributed by atoms with E-state index in [1.165, 1.54) is 4.90 Å². The number of hydrogen-bond donors (Lipinski definition) is 3. The van der Waals surface area contributed by atoms with E-state index in [1.54, 1.807) is 25.6 Å². The maximum atomic E-state index is 14.5. The van der Waals surface area contributed by atoms with Gasteiger partial charge in [0.25, 0.3) is 0 Å². The Hall–Kier alpha value is -5.20. The molecule has 276 valence electrons. The highest BCUT2D eigenvalue weighted by Gasteiger charge is 2.61. The fraction of sp³-hybridized carbons (Fsp3) is 0.487. The number of rotatable bonds is 6. The van der Waals surface area contributed by atoms with Gasteiger partial charge in [0.1, 0.15) is 34.6 Å². The highest BCUT2D eigenvalue weighted by molar-refractivity contribution is 5.96. The van der Waals surface area contributed by atoms with Crippen LogP contribution >= 0.6 is 0 Å². The number of benzene rings is 2. The van der Waals surface area contributed by atoms with Crippen LogP contribution in [0.3, 0.4) is 0 Å². The van der Waals surface area contributed by atoms with Crippen LogP contribution in [0.5, 0.6) is 0 Å². The van der Waals surface area contributed by atoms with Gasteiger partial charge in [-0.15, -0.1) is 0 Å². The molecule has 13 nitrogen and oxygen atoms in total. The standard InChI is InChI=1S/C39H49N7O6/c1-38(2,3)52-37(51)40-30-17-13-8-6-7-12-16-27-23-39(27,36(49)50)41-34(47)31-22-29(24-45(31)35(30)48)46-42-32(25-14-10-9-11-15-25)33(43-46)26-18-20-28(21-19-26)44(4)5/h9-12,14-16,18-21,27,29-31H,6-8,13,17,22-24H2,1-5H3,(H,40,51)(H,41,47)(H,49,50)/b16-12-/t27?,29-,30+,31+,39-/m1/s1. The number of alkyl carbamates (subject to hydrolysis) is 1. The lowest BCUT2D eigenvalue weighted by molar-refractivity contribution is -0.145. The van der Waals surface area contributed by atoms with Crippen LogP contribution in [0.4, 0.5) is 10.5 Å². The number of carboxylic acids is 1. The van der Waals surface area contributed by atoms with E-state index in [4.69, 9.17) is 14.9 Å². The van der Waals surface area contributed by atoms with Crippen molar-refractivity contribution in [1.82, 2.24) is 30.5 Å². The highest BCUT2D eigenvalue weighted by atomic mass is 16.6. The third kappa shape index (κ3) is 7.98. The molecule has 3 amide bonds. The van der Waals surface area contributed by atoms with Gasteiger partial charge in [0, 0.05) is 49.8 Å². The van der Waals surface area contributed by atoms with Gasteiger partial charge in [-0.2, -0.15) is 15.0 Å². The summed E-state index contributed by atoms with van der Waals surface area (Å²) in [5.41, 5.74) is 1.84. The zero-order chi connectivity index (χ0) is 37.2. The molecule has 1 saturated heterocycles. The summed E-state index contributed by atoms with van der Waals surface area (Å²) in [6.07, 6.45) is 6.96. The van der Waals surface area contributed by atoms with E-state index in [9.17, 15) is 24.3 Å². The Kier molecular flexibility index (Phi) is 10.4. The van der Waals surface area contributed by atoms with Gasteiger partial charge in [-0.3, -0.25) is 9.59 Å². The van der Waals surface area contributed by atoms with Gasteiger partial charge in [0.05, 0.1) is 6.04 Å². The molecule has 2 aliphatic heterocycles. The van der Waals surface area contributed by atoms with Gasteiger partial charge < -0.3 is 30.3 Å². The van der Waals surface area contributed by atoms with Crippen LogP contribution in [0.25, 0.3) is 22.5 Å². The zero-order valence-electron chi connectivity index (χ0n) is 30.5. The number of nitrogens with zero attached hydrogens (tertiary/aromatic N) is 5. The third-order valence-corrected chi connectivity index (χ3v) is 9.99. The molecule has 3 N–H and O–H groups in total. The van der Waals surface area contributed by atoms with Gasteiger partial charge in [0.15, 0.2) is 0 Å². The molecule has 2 fully saturated rings. The Bertz CT molecular complexity index is 1820. The van der Waals surface area contributed by atoms with E-state index < -0.39 is 53.1 Å². The number of ether oxygens (including phenoxy) is 1. The first-order chi connectivity index (χ1) is 24.8. The molecule has 1 aliphatic carbocycles. The summed E-state index contributed by atoms with van der Waals surface area (Å²) in [4.78, 5) is 59.2. The van der Waals surface area contributed by atoms with Crippen LogP contribution in [0.2, 0.25) is 0 Å². The smallest absolute Gasteiger partial charge is 0.408 e. The maximum absolute atomic E-state index is 14.5. The van der Waals surface area contributed by atoms with Gasteiger partial charge >= 0.3 is 12.1 Å². The number of fused-ring (bicyclic) bond motifs is 2. The number of aromatic nitrogens is 3. The maximum Gasteiger partial charge on any atom is 0.408 e. The molecule has 3 aliphatic rings. The van der Waals surface area contributed by atoms with Crippen LogP contribution in [-0.2, 0) is 19.1 Å². The second-order valence-electron chi connectivity index (χ2n) is 15.3. The Labute approximate surface area is 304 Å². The molecular weight excluding hydrogens is 662 g/mol. The summed E-state index contributed by atoms with van der Waals surface area (Å²) in [6, 6.07) is 15.2. The lowest BCUT2D eigenvalue weighted by atomic mass is 10.0. The van der Waals surface area contributed by atoms with E-state index in [0.29, 0.717) is 24.2 Å². The minimum Gasteiger partial charge on any atom is -0.479 e. The number of carbonyl (C=O) groups is 4. The van der Waals surface area contributed by atoms with Crippen molar-refractivity contribution in [3.63, 3.8) is 0 Å². The molecule has 5 atom stereocenters. The molecule has 0 bridgehead atoms. The van der Waals surface area contributed by atoms with E-state index in [2.05, 4.69) is 10.6 Å². The Morgan fingerprint density at radius 1 is 0.981 bits per heavy atom. The molecule has 1 unspecified atom stereocenters. The summed E-state index contributed by atoms with van der Waals surface area (Å²) in [5.74, 6) is -2.45. The lowest BCUT2D eigenvalue weighted by Crippen LogP contribution is -2.56. The molecular formula is C39H49N7O6. The molecule has 13 heteroatoms. The van der Waals surface area contributed by atoms with Crippen molar-refractivity contribution in [3.05, 3.63) is 66.7 Å². The predicted molar refractivity (Wildman–Crippen MR) is 196 cm³/mol. The van der Waals surface area contributed by atoms with Crippen molar-refractivity contribution in [2.45, 2.75) is 95.0 Å². The SMILES string of the molecule is CN(C)c1ccc(-c2nn([C@@H]3C[C@H]4C(=O)N[C@]5(C(=O)O)CC5/C=C\CCCCC[C@H](NC(=O)OC(C)(C)C)C(=O)N4C3)nc2-c2ccccc2)cc1. The molecule has 3 aromatic rings. The van der Waals surface area contributed by atoms with Crippen LogP contribution in [0, 0.1) is 5.92 Å². The van der Waals surface area contributed by atoms with Crippen molar-refractivity contribution in [2.24, 2.45) is 5.92 Å². The second kappa shape index (κ2) is 14.8.